The van der Waals surface area contributed by atoms with Gasteiger partial charge in [-0.2, -0.15) is 0 Å². The molecule has 0 bridgehead atoms. The molecule has 16 nitrogen and oxygen atoms in total. The Kier molecular flexibility index (Phi) is 12.9. The minimum atomic E-state index is -1.61. The summed E-state index contributed by atoms with van der Waals surface area (Å²) in [5.74, 6) is -5.60. The van der Waals surface area contributed by atoms with Crippen LogP contribution in [0.3, 0.4) is 0 Å². The lowest BCUT2D eigenvalue weighted by molar-refractivity contribution is -0.143. The van der Waals surface area contributed by atoms with Crippen molar-refractivity contribution < 1.29 is 39.3 Å². The number of carboxylic acids is 1. The van der Waals surface area contributed by atoms with Crippen LogP contribution in [0.2, 0.25) is 0 Å². The second-order valence-electron chi connectivity index (χ2n) is 6.61. The normalized spacial score (nSPS) is 14.2. The van der Waals surface area contributed by atoms with E-state index >= 15 is 0 Å². The lowest BCUT2D eigenvalue weighted by Gasteiger charge is -2.23. The SMILES string of the molecule is NC(=O)CC(NC(=O)C(N)CO)C(=O)NC(CO)C(=O)NC(CCCN=C(N)N)C(=O)O. The second-order valence-corrected chi connectivity index (χ2v) is 6.61. The number of nitrogens with zero attached hydrogens (tertiary/aromatic N) is 1. The number of aliphatic carboxylic acids is 1. The van der Waals surface area contributed by atoms with Crippen molar-refractivity contribution in [3.8, 4) is 0 Å². The number of hydrogen-bond acceptors (Lipinski definition) is 9. The van der Waals surface area contributed by atoms with Crippen LogP contribution in [-0.2, 0) is 24.0 Å². The summed E-state index contributed by atoms with van der Waals surface area (Å²) in [6.07, 6.45) is -0.509. The van der Waals surface area contributed by atoms with E-state index in [9.17, 15) is 34.2 Å². The van der Waals surface area contributed by atoms with E-state index in [0.717, 1.165) is 0 Å². The van der Waals surface area contributed by atoms with Crippen molar-refractivity contribution in [3.63, 3.8) is 0 Å². The van der Waals surface area contributed by atoms with Crippen molar-refractivity contribution in [3.05, 3.63) is 0 Å². The molecule has 0 fully saturated rings. The zero-order valence-electron chi connectivity index (χ0n) is 17.2. The van der Waals surface area contributed by atoms with Crippen LogP contribution in [0.5, 0.6) is 0 Å². The zero-order chi connectivity index (χ0) is 24.8. The molecule has 14 N–H and O–H groups in total. The van der Waals surface area contributed by atoms with Crippen molar-refractivity contribution in [1.82, 2.24) is 16.0 Å². The quantitative estimate of drug-likeness (QED) is 0.0619. The first kappa shape index (κ1) is 28.5. The van der Waals surface area contributed by atoms with E-state index in [-0.39, 0.29) is 25.3 Å². The maximum absolute atomic E-state index is 12.4. The lowest BCUT2D eigenvalue weighted by atomic mass is 10.1. The smallest absolute Gasteiger partial charge is 0.326 e. The van der Waals surface area contributed by atoms with Crippen LogP contribution in [0.1, 0.15) is 19.3 Å². The van der Waals surface area contributed by atoms with Crippen molar-refractivity contribution >= 4 is 35.6 Å². The monoisotopic (exact) mass is 462 g/mol. The number of nitrogens with one attached hydrogen (secondary N) is 3. The Morgan fingerprint density at radius 2 is 1.34 bits per heavy atom. The third-order valence-electron chi connectivity index (χ3n) is 3.95. The number of primary amides is 1. The predicted molar refractivity (Wildman–Crippen MR) is 109 cm³/mol. The van der Waals surface area contributed by atoms with Crippen LogP contribution in [-0.4, -0.2) is 94.8 Å². The Morgan fingerprint density at radius 1 is 0.812 bits per heavy atom. The first-order chi connectivity index (χ1) is 14.9. The molecule has 4 unspecified atom stereocenters. The number of amides is 4. The van der Waals surface area contributed by atoms with Gasteiger partial charge in [0.25, 0.3) is 0 Å². The Morgan fingerprint density at radius 3 is 1.81 bits per heavy atom. The van der Waals surface area contributed by atoms with Crippen LogP contribution < -0.4 is 38.9 Å². The average Bonchev–Trinajstić information content (AvgIpc) is 2.71. The van der Waals surface area contributed by atoms with Crippen LogP contribution in [0.15, 0.2) is 4.99 Å². The first-order valence-corrected chi connectivity index (χ1v) is 9.37. The molecule has 0 rings (SSSR count). The van der Waals surface area contributed by atoms with Gasteiger partial charge >= 0.3 is 5.97 Å². The molecular formula is C16H30N8O8. The largest absolute Gasteiger partial charge is 0.480 e. The molecule has 32 heavy (non-hydrogen) atoms. The second kappa shape index (κ2) is 14.5. The first-order valence-electron chi connectivity index (χ1n) is 9.37. The summed E-state index contributed by atoms with van der Waals surface area (Å²) in [6.45, 7) is -1.55. The summed E-state index contributed by atoms with van der Waals surface area (Å²) in [4.78, 5) is 62.8. The summed E-state index contributed by atoms with van der Waals surface area (Å²) in [6, 6.07) is -5.92. The van der Waals surface area contributed by atoms with E-state index in [1.165, 1.54) is 0 Å². The number of guanidine groups is 1. The molecule has 0 heterocycles. The Balaban J connectivity index is 5.15. The van der Waals surface area contributed by atoms with Gasteiger partial charge < -0.3 is 54.2 Å². The summed E-state index contributed by atoms with van der Waals surface area (Å²) < 4.78 is 0. The molecule has 0 radical (unpaired) electrons. The average molecular weight is 462 g/mol. The molecule has 0 aromatic carbocycles. The van der Waals surface area contributed by atoms with E-state index in [4.69, 9.17) is 28.0 Å². The molecule has 0 aromatic rings. The number of carbonyl (C=O) groups excluding carboxylic acids is 4. The molecule has 0 saturated heterocycles. The van der Waals surface area contributed by atoms with Gasteiger partial charge in [0, 0.05) is 6.54 Å². The van der Waals surface area contributed by atoms with Crippen molar-refractivity contribution in [1.29, 1.82) is 0 Å². The number of carboxylic acid groups (broad SMARTS) is 1. The van der Waals surface area contributed by atoms with Gasteiger partial charge in [0.1, 0.15) is 24.2 Å². The van der Waals surface area contributed by atoms with Gasteiger partial charge in [-0.25, -0.2) is 4.79 Å². The number of hydrogen-bond donors (Lipinski definition) is 10. The number of nitrogens with two attached hydrogens (primary N) is 4. The van der Waals surface area contributed by atoms with Gasteiger partial charge in [-0.15, -0.1) is 0 Å². The van der Waals surface area contributed by atoms with Gasteiger partial charge in [0.05, 0.1) is 19.6 Å². The molecule has 0 spiro atoms. The fraction of sp³-hybridized carbons (Fsp3) is 0.625. The molecule has 16 heteroatoms. The minimum Gasteiger partial charge on any atom is -0.480 e. The van der Waals surface area contributed by atoms with Gasteiger partial charge in [0.15, 0.2) is 5.96 Å². The number of rotatable bonds is 15. The predicted octanol–water partition coefficient (Wildman–Crippen LogP) is -6.23. The molecule has 4 atom stereocenters. The Hall–Kier alpha value is -3.50. The maximum atomic E-state index is 12.4. The van der Waals surface area contributed by atoms with E-state index in [1.807, 2.05) is 0 Å². The zero-order valence-corrected chi connectivity index (χ0v) is 17.2. The maximum Gasteiger partial charge on any atom is 0.326 e. The standard InChI is InChI=1S/C16H30N8O8/c17-7(5-25)12(28)23-9(4-11(18)27)13(29)24-10(6-26)14(30)22-8(15(31)32)2-1-3-21-16(19)20/h7-10,25-26H,1-6,17H2,(H2,18,27)(H,22,30)(H,23,28)(H,24,29)(H,31,32)(H4,19,20,21). The summed E-state index contributed by atoms with van der Waals surface area (Å²) in [5.41, 5.74) is 20.7. The van der Waals surface area contributed by atoms with E-state index in [0.29, 0.717) is 0 Å². The van der Waals surface area contributed by atoms with Crippen LogP contribution in [0, 0.1) is 0 Å². The fourth-order valence-corrected chi connectivity index (χ4v) is 2.27. The van der Waals surface area contributed by atoms with Gasteiger partial charge in [-0.05, 0) is 12.8 Å². The van der Waals surface area contributed by atoms with Crippen LogP contribution in [0.25, 0.3) is 0 Å². The topological polar surface area (TPSA) is 299 Å². The Labute approximate surface area is 182 Å². The van der Waals surface area contributed by atoms with Gasteiger partial charge in [-0.1, -0.05) is 0 Å². The summed E-state index contributed by atoms with van der Waals surface area (Å²) in [5, 5.41) is 33.9. The van der Waals surface area contributed by atoms with Crippen molar-refractivity contribution in [2.75, 3.05) is 19.8 Å². The highest BCUT2D eigenvalue weighted by Crippen LogP contribution is 2.01. The third kappa shape index (κ3) is 11.0. The lowest BCUT2D eigenvalue weighted by Crippen LogP contribution is -2.58. The molecule has 0 aliphatic rings. The molecule has 0 aliphatic heterocycles. The highest BCUT2D eigenvalue weighted by atomic mass is 16.4. The molecule has 0 saturated carbocycles. The number of aliphatic hydroxyl groups is 2. The number of aliphatic hydroxyl groups excluding tert-OH is 2. The summed E-state index contributed by atoms with van der Waals surface area (Å²) >= 11 is 0. The number of carbonyl (C=O) groups is 5. The highest BCUT2D eigenvalue weighted by Gasteiger charge is 2.30. The molecular weight excluding hydrogens is 432 g/mol. The van der Waals surface area contributed by atoms with E-state index in [2.05, 4.69) is 20.9 Å². The fourth-order valence-electron chi connectivity index (χ4n) is 2.27. The third-order valence-corrected chi connectivity index (χ3v) is 3.95. The van der Waals surface area contributed by atoms with Gasteiger partial charge in [-0.3, -0.25) is 24.2 Å². The van der Waals surface area contributed by atoms with E-state index in [1.54, 1.807) is 0 Å². The molecule has 4 amide bonds. The summed E-state index contributed by atoms with van der Waals surface area (Å²) in [7, 11) is 0. The highest BCUT2D eigenvalue weighted by molar-refractivity contribution is 5.96. The minimum absolute atomic E-state index is 0.0522. The van der Waals surface area contributed by atoms with Crippen LogP contribution >= 0.6 is 0 Å². The molecule has 0 aromatic heterocycles. The molecule has 182 valence electrons. The van der Waals surface area contributed by atoms with E-state index < -0.39 is 73.4 Å². The molecule has 0 aliphatic carbocycles. The van der Waals surface area contributed by atoms with Gasteiger partial charge in [0.2, 0.25) is 23.6 Å². The Bertz CT molecular complexity index is 712. The van der Waals surface area contributed by atoms with Crippen molar-refractivity contribution in [2.24, 2.45) is 27.9 Å². The van der Waals surface area contributed by atoms with Crippen LogP contribution in [0.4, 0.5) is 0 Å². The number of aliphatic imine (C=N–C) groups is 1. The van der Waals surface area contributed by atoms with Crippen molar-refractivity contribution in [2.45, 2.75) is 43.4 Å².